The Morgan fingerprint density at radius 1 is 1.42 bits per heavy atom. The molecule has 2 N–H and O–H groups in total. The summed E-state index contributed by atoms with van der Waals surface area (Å²) in [6.07, 6.45) is 0. The Morgan fingerprint density at radius 3 is 2.42 bits per heavy atom. The second-order valence-electron chi connectivity index (χ2n) is 4.42. The SMILES string of the molecule is COc1c(CN)cc(Cl)cc1S(=O)(=O)N(C)C(C)C. The van der Waals surface area contributed by atoms with Gasteiger partial charge in [0.15, 0.2) is 0 Å². The zero-order chi connectivity index (χ0) is 14.8. The molecule has 0 bridgehead atoms. The second-order valence-corrected chi connectivity index (χ2v) is 6.82. The van der Waals surface area contributed by atoms with Gasteiger partial charge in [0.05, 0.1) is 7.11 Å². The number of ether oxygens (including phenoxy) is 1. The Kier molecular flexibility index (Phi) is 5.20. The van der Waals surface area contributed by atoms with E-state index in [1.807, 2.05) is 0 Å². The van der Waals surface area contributed by atoms with Crippen molar-refractivity contribution < 1.29 is 13.2 Å². The van der Waals surface area contributed by atoms with Gasteiger partial charge in [-0.25, -0.2) is 8.42 Å². The fraction of sp³-hybridized carbons (Fsp3) is 0.500. The molecule has 0 heterocycles. The first-order valence-corrected chi connectivity index (χ1v) is 7.62. The highest BCUT2D eigenvalue weighted by atomic mass is 35.5. The van der Waals surface area contributed by atoms with Gasteiger partial charge in [-0.15, -0.1) is 0 Å². The fourth-order valence-electron chi connectivity index (χ4n) is 1.63. The van der Waals surface area contributed by atoms with E-state index in [0.717, 1.165) is 0 Å². The molecule has 7 heteroatoms. The minimum atomic E-state index is -3.67. The van der Waals surface area contributed by atoms with E-state index in [4.69, 9.17) is 22.1 Å². The molecule has 0 amide bonds. The van der Waals surface area contributed by atoms with Gasteiger partial charge in [-0.1, -0.05) is 11.6 Å². The minimum absolute atomic E-state index is 0.0409. The van der Waals surface area contributed by atoms with Crippen LogP contribution in [0.15, 0.2) is 17.0 Å². The van der Waals surface area contributed by atoms with Crippen LogP contribution in [0.25, 0.3) is 0 Å². The average Bonchev–Trinajstić information content (AvgIpc) is 2.36. The third kappa shape index (κ3) is 3.20. The Hall–Kier alpha value is -0.820. The summed E-state index contributed by atoms with van der Waals surface area (Å²) >= 11 is 5.95. The maximum atomic E-state index is 12.5. The van der Waals surface area contributed by atoms with E-state index >= 15 is 0 Å². The van der Waals surface area contributed by atoms with Gasteiger partial charge in [0.1, 0.15) is 10.6 Å². The Balaban J connectivity index is 3.54. The van der Waals surface area contributed by atoms with E-state index < -0.39 is 10.0 Å². The largest absolute Gasteiger partial charge is 0.495 e. The lowest BCUT2D eigenvalue weighted by Gasteiger charge is -2.23. The van der Waals surface area contributed by atoms with Crippen molar-refractivity contribution in [3.8, 4) is 5.75 Å². The highest BCUT2D eigenvalue weighted by molar-refractivity contribution is 7.89. The molecule has 0 unspecified atom stereocenters. The molecule has 0 aliphatic heterocycles. The van der Waals surface area contributed by atoms with E-state index in [-0.39, 0.29) is 23.2 Å². The molecule has 19 heavy (non-hydrogen) atoms. The third-order valence-electron chi connectivity index (χ3n) is 2.90. The van der Waals surface area contributed by atoms with Crippen molar-refractivity contribution >= 4 is 21.6 Å². The summed E-state index contributed by atoms with van der Waals surface area (Å²) in [5.74, 6) is 0.249. The smallest absolute Gasteiger partial charge is 0.246 e. The Bertz CT molecular complexity index is 558. The summed E-state index contributed by atoms with van der Waals surface area (Å²) in [7, 11) is -0.738. The lowest BCUT2D eigenvalue weighted by atomic mass is 10.2. The number of halogens is 1. The maximum Gasteiger partial charge on any atom is 0.246 e. The van der Waals surface area contributed by atoms with Gasteiger partial charge < -0.3 is 10.5 Å². The zero-order valence-corrected chi connectivity index (χ0v) is 13.0. The molecule has 0 spiro atoms. The molecule has 0 atom stereocenters. The summed E-state index contributed by atoms with van der Waals surface area (Å²) in [6, 6.07) is 2.82. The van der Waals surface area contributed by atoms with Crippen LogP contribution in [0.2, 0.25) is 5.02 Å². The zero-order valence-electron chi connectivity index (χ0n) is 11.5. The van der Waals surface area contributed by atoms with Crippen LogP contribution in [0.4, 0.5) is 0 Å². The third-order valence-corrected chi connectivity index (χ3v) is 5.16. The number of hydrogen-bond acceptors (Lipinski definition) is 4. The van der Waals surface area contributed by atoms with Crippen LogP contribution in [0.5, 0.6) is 5.75 Å². The first kappa shape index (κ1) is 16.2. The number of nitrogens with two attached hydrogens (primary N) is 1. The highest BCUT2D eigenvalue weighted by Crippen LogP contribution is 2.33. The lowest BCUT2D eigenvalue weighted by Crippen LogP contribution is -2.33. The maximum absolute atomic E-state index is 12.5. The van der Waals surface area contributed by atoms with Crippen LogP contribution in [0, 0.1) is 0 Å². The van der Waals surface area contributed by atoms with Gasteiger partial charge in [-0.3, -0.25) is 0 Å². The second kappa shape index (κ2) is 6.09. The summed E-state index contributed by atoms with van der Waals surface area (Å²) in [6.45, 7) is 3.73. The molecule has 0 saturated carbocycles. The van der Waals surface area contributed by atoms with Crippen molar-refractivity contribution in [2.45, 2.75) is 31.3 Å². The number of hydrogen-bond donors (Lipinski definition) is 1. The standard InChI is InChI=1S/C12H19ClN2O3S/c1-8(2)15(3)19(16,17)11-6-10(13)5-9(7-14)12(11)18-4/h5-6,8H,7,14H2,1-4H3. The number of sulfonamides is 1. The van der Waals surface area contributed by atoms with Crippen molar-refractivity contribution in [3.05, 3.63) is 22.7 Å². The molecule has 5 nitrogen and oxygen atoms in total. The minimum Gasteiger partial charge on any atom is -0.495 e. The Labute approximate surface area is 119 Å². The van der Waals surface area contributed by atoms with Gasteiger partial charge in [0.25, 0.3) is 0 Å². The van der Waals surface area contributed by atoms with Crippen LogP contribution in [0.3, 0.4) is 0 Å². The highest BCUT2D eigenvalue weighted by Gasteiger charge is 2.28. The molecular weight excluding hydrogens is 288 g/mol. The summed E-state index contributed by atoms with van der Waals surface area (Å²) in [5, 5.41) is 0.317. The van der Waals surface area contributed by atoms with Gasteiger partial charge in [-0.05, 0) is 26.0 Å². The number of benzene rings is 1. The van der Waals surface area contributed by atoms with Gasteiger partial charge in [0, 0.05) is 30.2 Å². The van der Waals surface area contributed by atoms with Crippen LogP contribution >= 0.6 is 11.6 Å². The van der Waals surface area contributed by atoms with Crippen molar-refractivity contribution in [1.82, 2.24) is 4.31 Å². The summed E-state index contributed by atoms with van der Waals surface area (Å²) < 4.78 is 31.5. The van der Waals surface area contributed by atoms with E-state index in [1.165, 1.54) is 24.5 Å². The quantitative estimate of drug-likeness (QED) is 0.901. The normalized spacial score (nSPS) is 12.2. The van der Waals surface area contributed by atoms with Crippen molar-refractivity contribution in [3.63, 3.8) is 0 Å². The molecule has 108 valence electrons. The molecule has 0 saturated heterocycles. The first-order valence-electron chi connectivity index (χ1n) is 5.80. The summed E-state index contributed by atoms with van der Waals surface area (Å²) in [5.41, 5.74) is 6.16. The molecule has 0 aromatic heterocycles. The van der Waals surface area contributed by atoms with Crippen molar-refractivity contribution in [1.29, 1.82) is 0 Å². The molecule has 0 radical (unpaired) electrons. The monoisotopic (exact) mass is 306 g/mol. The molecule has 1 aromatic carbocycles. The van der Waals surface area contributed by atoms with Crippen LogP contribution < -0.4 is 10.5 Å². The molecule has 0 aliphatic carbocycles. The van der Waals surface area contributed by atoms with Gasteiger partial charge >= 0.3 is 0 Å². The van der Waals surface area contributed by atoms with Crippen molar-refractivity contribution in [2.24, 2.45) is 5.73 Å². The number of methoxy groups -OCH3 is 1. The first-order chi connectivity index (χ1) is 8.75. The lowest BCUT2D eigenvalue weighted by molar-refractivity contribution is 0.384. The van der Waals surface area contributed by atoms with Crippen LogP contribution in [0.1, 0.15) is 19.4 Å². The number of nitrogens with zero attached hydrogens (tertiary/aromatic N) is 1. The van der Waals surface area contributed by atoms with Crippen molar-refractivity contribution in [2.75, 3.05) is 14.2 Å². The number of rotatable bonds is 5. The predicted octanol–water partition coefficient (Wildman–Crippen LogP) is 1.84. The van der Waals surface area contributed by atoms with Crippen LogP contribution in [-0.4, -0.2) is 32.9 Å². The van der Waals surface area contributed by atoms with E-state index in [0.29, 0.717) is 10.6 Å². The molecule has 0 fully saturated rings. The molecular formula is C12H19ClN2O3S. The predicted molar refractivity (Wildman–Crippen MR) is 76.0 cm³/mol. The fourth-order valence-corrected chi connectivity index (χ4v) is 3.53. The van der Waals surface area contributed by atoms with Crippen LogP contribution in [-0.2, 0) is 16.6 Å². The topological polar surface area (TPSA) is 72.6 Å². The van der Waals surface area contributed by atoms with E-state index in [9.17, 15) is 8.42 Å². The molecule has 1 rings (SSSR count). The molecule has 0 aliphatic rings. The van der Waals surface area contributed by atoms with Gasteiger partial charge in [0.2, 0.25) is 10.0 Å². The van der Waals surface area contributed by atoms with E-state index in [2.05, 4.69) is 0 Å². The van der Waals surface area contributed by atoms with Gasteiger partial charge in [-0.2, -0.15) is 4.31 Å². The Morgan fingerprint density at radius 2 is 2.00 bits per heavy atom. The average molecular weight is 307 g/mol. The molecule has 1 aromatic rings. The van der Waals surface area contributed by atoms with E-state index in [1.54, 1.807) is 19.9 Å². The summed E-state index contributed by atoms with van der Waals surface area (Å²) in [4.78, 5) is 0.0409.